The zero-order valence-electron chi connectivity index (χ0n) is 19.1. The number of ether oxygens (including phenoxy) is 1. The maximum Gasteiger partial charge on any atom is 0.329 e. The first-order valence-electron chi connectivity index (χ1n) is 11.5. The van der Waals surface area contributed by atoms with Gasteiger partial charge in [0, 0.05) is 17.2 Å². The van der Waals surface area contributed by atoms with Gasteiger partial charge in [0.05, 0.1) is 18.7 Å². The lowest BCUT2D eigenvalue weighted by Crippen LogP contribution is -2.47. The second-order valence-electron chi connectivity index (χ2n) is 8.68. The summed E-state index contributed by atoms with van der Waals surface area (Å²) in [4.78, 5) is 29.6. The first-order valence-corrected chi connectivity index (χ1v) is 11.5. The van der Waals surface area contributed by atoms with Crippen LogP contribution in [0.4, 0.5) is 10.1 Å². The molecule has 4 atom stereocenters. The minimum atomic E-state index is -1.73. The average molecular weight is 467 g/mol. The molecule has 6 heteroatoms. The fourth-order valence-corrected chi connectivity index (χ4v) is 5.43. The minimum Gasteiger partial charge on any atom is -0.465 e. The summed E-state index contributed by atoms with van der Waals surface area (Å²) in [6.07, 6.45) is 3.68. The number of para-hydroxylation sites is 1. The summed E-state index contributed by atoms with van der Waals surface area (Å²) >= 11 is 0. The Labute approximate surface area is 203 Å². The Bertz CT molecular complexity index is 1350. The molecule has 0 bridgehead atoms. The number of rotatable bonds is 5. The molecule has 3 aromatic rings. The van der Waals surface area contributed by atoms with Gasteiger partial charge in [0.1, 0.15) is 11.9 Å². The second-order valence-corrected chi connectivity index (χ2v) is 8.68. The normalized spacial score (nSPS) is 24.3. The van der Waals surface area contributed by atoms with Crippen molar-refractivity contribution in [1.82, 2.24) is 0 Å². The van der Waals surface area contributed by atoms with Gasteiger partial charge in [0.15, 0.2) is 11.2 Å². The standard InChI is InChI=1S/C29H23FN2O3/c1-2-35-28(34)29(18-31)24-17-14-19-8-6-7-11-23(19)32(24)26(27(33)21-9-4-3-5-10-21)25(29)20-12-15-22(30)16-13-20/h3-17,24-26H,2H2,1H3/t24-,25+,26-,29-/m0/s1. The third-order valence-corrected chi connectivity index (χ3v) is 6.90. The molecule has 1 saturated heterocycles. The number of halogens is 1. The van der Waals surface area contributed by atoms with Gasteiger partial charge in [-0.25, -0.2) is 4.39 Å². The highest BCUT2D eigenvalue weighted by molar-refractivity contribution is 6.06. The Balaban J connectivity index is 1.81. The third kappa shape index (κ3) is 3.43. The Hall–Kier alpha value is -4.24. The van der Waals surface area contributed by atoms with E-state index in [0.29, 0.717) is 11.1 Å². The third-order valence-electron chi connectivity index (χ3n) is 6.90. The first kappa shape index (κ1) is 22.5. The van der Waals surface area contributed by atoms with Crippen LogP contribution in [-0.2, 0) is 9.53 Å². The van der Waals surface area contributed by atoms with Crippen LogP contribution in [0.25, 0.3) is 6.08 Å². The smallest absolute Gasteiger partial charge is 0.329 e. The number of anilines is 1. The number of Topliss-reactive ketones (excluding diaryl/α,β-unsaturated/α-hetero) is 1. The fraction of sp³-hybridized carbons (Fsp3) is 0.207. The number of hydrogen-bond donors (Lipinski definition) is 0. The number of hydrogen-bond acceptors (Lipinski definition) is 5. The van der Waals surface area contributed by atoms with Gasteiger partial charge in [-0.2, -0.15) is 5.26 Å². The van der Waals surface area contributed by atoms with Gasteiger partial charge in [-0.3, -0.25) is 9.59 Å². The molecule has 0 radical (unpaired) electrons. The van der Waals surface area contributed by atoms with Crippen LogP contribution in [0.5, 0.6) is 0 Å². The summed E-state index contributed by atoms with van der Waals surface area (Å²) in [6, 6.07) is 22.7. The van der Waals surface area contributed by atoms with Gasteiger partial charge in [0.2, 0.25) is 0 Å². The molecule has 2 aliphatic rings. The van der Waals surface area contributed by atoms with E-state index in [9.17, 15) is 19.2 Å². The molecule has 2 aliphatic heterocycles. The van der Waals surface area contributed by atoms with Gasteiger partial charge < -0.3 is 9.64 Å². The number of carbonyl (C=O) groups is 2. The van der Waals surface area contributed by atoms with Crippen molar-refractivity contribution in [1.29, 1.82) is 5.26 Å². The molecule has 0 N–H and O–H groups in total. The molecule has 0 aromatic heterocycles. The lowest BCUT2D eigenvalue weighted by atomic mass is 9.68. The zero-order chi connectivity index (χ0) is 24.6. The van der Waals surface area contributed by atoms with Crippen LogP contribution in [-0.4, -0.2) is 30.4 Å². The van der Waals surface area contributed by atoms with Crippen molar-refractivity contribution in [3.63, 3.8) is 0 Å². The minimum absolute atomic E-state index is 0.0860. The number of carbonyl (C=O) groups excluding carboxylic acids is 2. The van der Waals surface area contributed by atoms with Crippen LogP contribution in [0, 0.1) is 22.6 Å². The van der Waals surface area contributed by atoms with E-state index in [1.165, 1.54) is 12.1 Å². The summed E-state index contributed by atoms with van der Waals surface area (Å²) in [7, 11) is 0. The summed E-state index contributed by atoms with van der Waals surface area (Å²) in [5, 5.41) is 10.7. The van der Waals surface area contributed by atoms with E-state index in [2.05, 4.69) is 6.07 Å². The average Bonchev–Trinajstić information content (AvgIpc) is 3.21. The van der Waals surface area contributed by atoms with Gasteiger partial charge in [-0.1, -0.05) is 72.8 Å². The van der Waals surface area contributed by atoms with E-state index in [-0.39, 0.29) is 12.4 Å². The molecule has 0 amide bonds. The highest BCUT2D eigenvalue weighted by Crippen LogP contribution is 2.56. The van der Waals surface area contributed by atoms with E-state index in [1.54, 1.807) is 49.4 Å². The molecule has 35 heavy (non-hydrogen) atoms. The van der Waals surface area contributed by atoms with E-state index in [4.69, 9.17) is 4.74 Å². The summed E-state index contributed by atoms with van der Waals surface area (Å²) in [5.41, 5.74) is 0.893. The van der Waals surface area contributed by atoms with Gasteiger partial charge in [-0.15, -0.1) is 0 Å². The topological polar surface area (TPSA) is 70.4 Å². The molecular weight excluding hydrogens is 443 g/mol. The van der Waals surface area contributed by atoms with Crippen LogP contribution in [0.15, 0.2) is 84.9 Å². The molecule has 0 spiro atoms. The van der Waals surface area contributed by atoms with Crippen molar-refractivity contribution in [2.24, 2.45) is 5.41 Å². The maximum atomic E-state index is 14.1. The van der Waals surface area contributed by atoms with Crippen LogP contribution < -0.4 is 4.90 Å². The molecule has 5 rings (SSSR count). The van der Waals surface area contributed by atoms with Gasteiger partial charge >= 0.3 is 5.97 Å². The monoisotopic (exact) mass is 466 g/mol. The summed E-state index contributed by atoms with van der Waals surface area (Å²) in [6.45, 7) is 1.77. The van der Waals surface area contributed by atoms with E-state index in [1.807, 2.05) is 41.3 Å². The number of ketones is 1. The van der Waals surface area contributed by atoms with Crippen LogP contribution >= 0.6 is 0 Å². The van der Waals surface area contributed by atoms with Crippen molar-refractivity contribution in [2.45, 2.75) is 24.9 Å². The quantitative estimate of drug-likeness (QED) is 0.384. The Kier molecular flexibility index (Phi) is 5.70. The van der Waals surface area contributed by atoms with Gasteiger partial charge in [-0.05, 0) is 36.2 Å². The molecule has 3 aromatic carbocycles. The second kappa shape index (κ2) is 8.84. The molecule has 0 saturated carbocycles. The number of fused-ring (bicyclic) bond motifs is 3. The number of esters is 1. The highest BCUT2D eigenvalue weighted by Gasteiger charge is 2.67. The summed E-state index contributed by atoms with van der Waals surface area (Å²) < 4.78 is 19.4. The molecule has 2 heterocycles. The molecule has 5 nitrogen and oxygen atoms in total. The Morgan fingerprint density at radius 2 is 1.71 bits per heavy atom. The molecule has 1 fully saturated rings. The molecule has 0 aliphatic carbocycles. The van der Waals surface area contributed by atoms with Crippen LogP contribution in [0.1, 0.15) is 34.3 Å². The van der Waals surface area contributed by atoms with Crippen molar-refractivity contribution >= 4 is 23.5 Å². The summed E-state index contributed by atoms with van der Waals surface area (Å²) in [5.74, 6) is -2.27. The lowest BCUT2D eigenvalue weighted by Gasteiger charge is -2.36. The van der Waals surface area contributed by atoms with Crippen molar-refractivity contribution in [3.05, 3.63) is 107 Å². The zero-order valence-corrected chi connectivity index (χ0v) is 19.1. The van der Waals surface area contributed by atoms with E-state index < -0.39 is 35.2 Å². The number of nitrogens with zero attached hydrogens (tertiary/aromatic N) is 2. The molecular formula is C29H23FN2O3. The number of benzene rings is 3. The Morgan fingerprint density at radius 3 is 2.40 bits per heavy atom. The maximum absolute atomic E-state index is 14.1. The van der Waals surface area contributed by atoms with Crippen LogP contribution in [0.3, 0.4) is 0 Å². The lowest BCUT2D eigenvalue weighted by molar-refractivity contribution is -0.152. The van der Waals surface area contributed by atoms with Gasteiger partial charge in [0.25, 0.3) is 0 Å². The molecule has 174 valence electrons. The van der Waals surface area contributed by atoms with Crippen LogP contribution in [0.2, 0.25) is 0 Å². The van der Waals surface area contributed by atoms with E-state index >= 15 is 0 Å². The van der Waals surface area contributed by atoms with Crippen molar-refractivity contribution < 1.29 is 18.7 Å². The predicted octanol–water partition coefficient (Wildman–Crippen LogP) is 5.15. The predicted molar refractivity (Wildman–Crippen MR) is 130 cm³/mol. The SMILES string of the molecule is CCOC(=O)[C@]1(C#N)[C@H](c2ccc(F)cc2)[C@@H](C(=O)c2ccccc2)N2c3ccccc3C=C[C@H]21. The number of nitriles is 1. The highest BCUT2D eigenvalue weighted by atomic mass is 19.1. The van der Waals surface area contributed by atoms with Crippen molar-refractivity contribution in [3.8, 4) is 6.07 Å². The fourth-order valence-electron chi connectivity index (χ4n) is 5.43. The van der Waals surface area contributed by atoms with E-state index in [0.717, 1.165) is 11.3 Å². The Morgan fingerprint density at radius 1 is 1.03 bits per heavy atom. The first-order chi connectivity index (χ1) is 17.0. The largest absolute Gasteiger partial charge is 0.465 e. The molecule has 0 unspecified atom stereocenters. The van der Waals surface area contributed by atoms with Crippen molar-refractivity contribution in [2.75, 3.05) is 11.5 Å².